The maximum atomic E-state index is 5.98. The molecule has 0 unspecified atom stereocenters. The Balaban J connectivity index is 2.16. The van der Waals surface area contributed by atoms with Gasteiger partial charge in [0.15, 0.2) is 0 Å². The molecular formula is C12H14ClN3S. The van der Waals surface area contributed by atoms with E-state index in [0.717, 1.165) is 18.1 Å². The van der Waals surface area contributed by atoms with E-state index in [4.69, 9.17) is 17.3 Å². The zero-order chi connectivity index (χ0) is 12.3. The number of pyridine rings is 1. The molecule has 2 rings (SSSR count). The molecule has 0 amide bonds. The van der Waals surface area contributed by atoms with Gasteiger partial charge in [-0.1, -0.05) is 11.6 Å². The summed E-state index contributed by atoms with van der Waals surface area (Å²) in [4.78, 5) is 6.52. The molecule has 0 saturated heterocycles. The van der Waals surface area contributed by atoms with Gasteiger partial charge in [-0.25, -0.2) is 4.98 Å². The highest BCUT2D eigenvalue weighted by Gasteiger charge is 2.07. The normalized spacial score (nSPS) is 10.5. The van der Waals surface area contributed by atoms with Crippen molar-refractivity contribution in [3.8, 4) is 0 Å². The van der Waals surface area contributed by atoms with Crippen LogP contribution in [-0.2, 0) is 13.1 Å². The Hall–Kier alpha value is -1.10. The third-order valence-corrected chi connectivity index (χ3v) is 3.56. The van der Waals surface area contributed by atoms with E-state index in [1.807, 2.05) is 19.2 Å². The number of rotatable bonds is 4. The van der Waals surface area contributed by atoms with Gasteiger partial charge in [0.1, 0.15) is 5.82 Å². The van der Waals surface area contributed by atoms with E-state index >= 15 is 0 Å². The standard InChI is InChI=1S/C12H14ClN3S/c1-16(7-9-4-5-17-8-9)12-3-2-10(13)11(6-14)15-12/h2-5,8H,6-7,14H2,1H3. The number of halogens is 1. The van der Waals surface area contributed by atoms with Crippen molar-refractivity contribution in [1.29, 1.82) is 0 Å². The molecule has 3 nitrogen and oxygen atoms in total. The zero-order valence-corrected chi connectivity index (χ0v) is 11.1. The highest BCUT2D eigenvalue weighted by Crippen LogP contribution is 2.20. The van der Waals surface area contributed by atoms with Crippen LogP contribution in [0, 0.1) is 0 Å². The van der Waals surface area contributed by atoms with Gasteiger partial charge in [0.2, 0.25) is 0 Å². The van der Waals surface area contributed by atoms with E-state index < -0.39 is 0 Å². The first-order valence-electron chi connectivity index (χ1n) is 5.28. The van der Waals surface area contributed by atoms with Crippen molar-refractivity contribution in [3.63, 3.8) is 0 Å². The molecule has 0 fully saturated rings. The molecule has 2 N–H and O–H groups in total. The first-order valence-corrected chi connectivity index (χ1v) is 6.60. The van der Waals surface area contributed by atoms with Crippen molar-refractivity contribution in [2.45, 2.75) is 13.1 Å². The summed E-state index contributed by atoms with van der Waals surface area (Å²) < 4.78 is 0. The van der Waals surface area contributed by atoms with Gasteiger partial charge in [0.25, 0.3) is 0 Å². The number of thiophene rings is 1. The van der Waals surface area contributed by atoms with Crippen LogP contribution in [0.5, 0.6) is 0 Å². The van der Waals surface area contributed by atoms with Crippen LogP contribution in [0.3, 0.4) is 0 Å². The minimum absolute atomic E-state index is 0.360. The van der Waals surface area contributed by atoms with Crippen LogP contribution >= 0.6 is 22.9 Å². The second-order valence-corrected chi connectivity index (χ2v) is 4.98. The second-order valence-electron chi connectivity index (χ2n) is 3.79. The number of hydrogen-bond acceptors (Lipinski definition) is 4. The van der Waals surface area contributed by atoms with Crippen LogP contribution in [0.4, 0.5) is 5.82 Å². The van der Waals surface area contributed by atoms with Crippen molar-refractivity contribution < 1.29 is 0 Å². The van der Waals surface area contributed by atoms with Crippen LogP contribution in [0.15, 0.2) is 29.0 Å². The van der Waals surface area contributed by atoms with E-state index in [1.54, 1.807) is 11.3 Å². The molecule has 0 saturated carbocycles. The Morgan fingerprint density at radius 2 is 2.24 bits per heavy atom. The molecule has 0 atom stereocenters. The van der Waals surface area contributed by atoms with E-state index in [9.17, 15) is 0 Å². The van der Waals surface area contributed by atoms with E-state index in [1.165, 1.54) is 5.56 Å². The number of hydrogen-bond donors (Lipinski definition) is 1. The lowest BCUT2D eigenvalue weighted by Crippen LogP contribution is -2.18. The minimum Gasteiger partial charge on any atom is -0.355 e. The maximum absolute atomic E-state index is 5.98. The molecule has 0 aliphatic heterocycles. The van der Waals surface area contributed by atoms with Crippen LogP contribution in [0.25, 0.3) is 0 Å². The number of nitrogens with two attached hydrogens (primary N) is 1. The molecule has 0 aliphatic carbocycles. The zero-order valence-electron chi connectivity index (χ0n) is 9.56. The lowest BCUT2D eigenvalue weighted by atomic mass is 10.3. The average Bonchev–Trinajstić information content (AvgIpc) is 2.82. The molecule has 0 aliphatic rings. The molecule has 0 aromatic carbocycles. The number of anilines is 1. The summed E-state index contributed by atoms with van der Waals surface area (Å²) in [7, 11) is 2.01. The Labute approximate surface area is 110 Å². The fourth-order valence-corrected chi connectivity index (χ4v) is 2.41. The summed E-state index contributed by atoms with van der Waals surface area (Å²) in [5.41, 5.74) is 7.61. The molecular weight excluding hydrogens is 254 g/mol. The van der Waals surface area contributed by atoms with Crippen molar-refractivity contribution in [1.82, 2.24) is 4.98 Å². The molecule has 2 aromatic rings. The fraction of sp³-hybridized carbons (Fsp3) is 0.250. The third kappa shape index (κ3) is 2.97. The first-order chi connectivity index (χ1) is 8.20. The van der Waals surface area contributed by atoms with Crippen LogP contribution in [0.2, 0.25) is 5.02 Å². The van der Waals surface area contributed by atoms with Crippen molar-refractivity contribution >= 4 is 28.8 Å². The summed E-state index contributed by atoms with van der Waals surface area (Å²) in [6.45, 7) is 1.20. The smallest absolute Gasteiger partial charge is 0.129 e. The van der Waals surface area contributed by atoms with Gasteiger partial charge in [0, 0.05) is 20.1 Å². The monoisotopic (exact) mass is 267 g/mol. The molecule has 0 radical (unpaired) electrons. The lowest BCUT2D eigenvalue weighted by molar-refractivity contribution is 0.881. The average molecular weight is 268 g/mol. The molecule has 2 heterocycles. The third-order valence-electron chi connectivity index (χ3n) is 2.49. The van der Waals surface area contributed by atoms with Crippen molar-refractivity contribution in [3.05, 3.63) is 45.2 Å². The van der Waals surface area contributed by atoms with Gasteiger partial charge >= 0.3 is 0 Å². The fourth-order valence-electron chi connectivity index (χ4n) is 1.57. The predicted octanol–water partition coefficient (Wildman–Crippen LogP) is 2.89. The molecule has 5 heteroatoms. The number of aromatic nitrogens is 1. The summed E-state index contributed by atoms with van der Waals surface area (Å²) in [5.74, 6) is 0.890. The van der Waals surface area contributed by atoms with Gasteiger partial charge < -0.3 is 10.6 Å². The van der Waals surface area contributed by atoms with Gasteiger partial charge in [0.05, 0.1) is 10.7 Å². The summed E-state index contributed by atoms with van der Waals surface area (Å²) in [5, 5.41) is 4.83. The van der Waals surface area contributed by atoms with Crippen molar-refractivity contribution in [2.75, 3.05) is 11.9 Å². The van der Waals surface area contributed by atoms with Gasteiger partial charge in [-0.3, -0.25) is 0 Å². The highest BCUT2D eigenvalue weighted by molar-refractivity contribution is 7.07. The maximum Gasteiger partial charge on any atom is 0.129 e. The van der Waals surface area contributed by atoms with Gasteiger partial charge in [-0.05, 0) is 34.5 Å². The van der Waals surface area contributed by atoms with Crippen LogP contribution in [0.1, 0.15) is 11.3 Å². The Kier molecular flexibility index (Phi) is 3.99. The molecule has 90 valence electrons. The first kappa shape index (κ1) is 12.4. The van der Waals surface area contributed by atoms with Crippen LogP contribution in [-0.4, -0.2) is 12.0 Å². The van der Waals surface area contributed by atoms with Gasteiger partial charge in [-0.2, -0.15) is 11.3 Å². The van der Waals surface area contributed by atoms with Crippen molar-refractivity contribution in [2.24, 2.45) is 5.73 Å². The largest absolute Gasteiger partial charge is 0.355 e. The molecule has 2 aromatic heterocycles. The highest BCUT2D eigenvalue weighted by atomic mass is 35.5. The quantitative estimate of drug-likeness (QED) is 0.926. The molecule has 0 spiro atoms. The lowest BCUT2D eigenvalue weighted by Gasteiger charge is -2.18. The molecule has 17 heavy (non-hydrogen) atoms. The summed E-state index contributed by atoms with van der Waals surface area (Å²) in [6, 6.07) is 5.87. The van der Waals surface area contributed by atoms with Crippen LogP contribution < -0.4 is 10.6 Å². The summed E-state index contributed by atoms with van der Waals surface area (Å²) >= 11 is 7.68. The second kappa shape index (κ2) is 5.49. The Morgan fingerprint density at radius 1 is 1.41 bits per heavy atom. The Morgan fingerprint density at radius 3 is 2.88 bits per heavy atom. The number of nitrogens with zero attached hydrogens (tertiary/aromatic N) is 2. The van der Waals surface area contributed by atoms with E-state index in [0.29, 0.717) is 11.6 Å². The SMILES string of the molecule is CN(Cc1ccsc1)c1ccc(Cl)c(CN)n1. The van der Waals surface area contributed by atoms with E-state index in [2.05, 4.69) is 26.7 Å². The minimum atomic E-state index is 0.360. The predicted molar refractivity (Wildman–Crippen MR) is 73.6 cm³/mol. The van der Waals surface area contributed by atoms with Gasteiger partial charge in [-0.15, -0.1) is 0 Å². The topological polar surface area (TPSA) is 42.1 Å². The summed E-state index contributed by atoms with van der Waals surface area (Å²) in [6.07, 6.45) is 0. The molecule has 0 bridgehead atoms. The Bertz CT molecular complexity index is 485. The van der Waals surface area contributed by atoms with E-state index in [-0.39, 0.29) is 0 Å².